The summed E-state index contributed by atoms with van der Waals surface area (Å²) >= 11 is 3.37. The van der Waals surface area contributed by atoms with Gasteiger partial charge in [-0.2, -0.15) is 0 Å². The van der Waals surface area contributed by atoms with Crippen molar-refractivity contribution in [3.63, 3.8) is 0 Å². The number of halogens is 1. The van der Waals surface area contributed by atoms with E-state index >= 15 is 0 Å². The summed E-state index contributed by atoms with van der Waals surface area (Å²) in [5.74, 6) is 0.478. The number of para-hydroxylation sites is 1. The van der Waals surface area contributed by atoms with Gasteiger partial charge in [0.15, 0.2) is 9.84 Å². The Kier molecular flexibility index (Phi) is 7.01. The van der Waals surface area contributed by atoms with E-state index in [0.29, 0.717) is 18.7 Å². The number of amides is 1. The lowest BCUT2D eigenvalue weighted by atomic mass is 10.2. The quantitative estimate of drug-likeness (QED) is 0.647. The second-order valence-electron chi connectivity index (χ2n) is 5.36. The van der Waals surface area contributed by atoms with E-state index < -0.39 is 9.84 Å². The molecule has 0 aliphatic carbocycles. The zero-order valence-electron chi connectivity index (χ0n) is 13.9. The molecular formula is C18H20BrNO4S. The molecule has 0 spiro atoms. The van der Waals surface area contributed by atoms with Crippen molar-refractivity contribution >= 4 is 37.4 Å². The SMILES string of the molecule is CCS(=O)(=O)c1ccccc1NC(=O)CCCOc1cccc(Br)c1. The van der Waals surface area contributed by atoms with Crippen LogP contribution in [0.15, 0.2) is 57.9 Å². The first kappa shape index (κ1) is 19.5. The fourth-order valence-corrected chi connectivity index (χ4v) is 3.62. The van der Waals surface area contributed by atoms with Crippen molar-refractivity contribution in [2.45, 2.75) is 24.7 Å². The molecular weight excluding hydrogens is 406 g/mol. The summed E-state index contributed by atoms with van der Waals surface area (Å²) in [7, 11) is -3.38. The molecule has 0 saturated carbocycles. The number of hydrogen-bond acceptors (Lipinski definition) is 4. The third kappa shape index (κ3) is 5.86. The predicted molar refractivity (Wildman–Crippen MR) is 102 cm³/mol. The molecule has 0 fully saturated rings. The Balaban J connectivity index is 1.87. The van der Waals surface area contributed by atoms with Crippen LogP contribution in [-0.4, -0.2) is 26.7 Å². The fraction of sp³-hybridized carbons (Fsp3) is 0.278. The van der Waals surface area contributed by atoms with Gasteiger partial charge in [-0.15, -0.1) is 0 Å². The Labute approximate surface area is 156 Å². The van der Waals surface area contributed by atoms with E-state index in [9.17, 15) is 13.2 Å². The summed E-state index contributed by atoms with van der Waals surface area (Å²) in [5.41, 5.74) is 0.322. The number of hydrogen-bond donors (Lipinski definition) is 1. The number of benzene rings is 2. The highest BCUT2D eigenvalue weighted by atomic mass is 79.9. The van der Waals surface area contributed by atoms with Crippen LogP contribution in [0.1, 0.15) is 19.8 Å². The third-order valence-corrected chi connectivity index (χ3v) is 5.77. The van der Waals surface area contributed by atoms with E-state index in [1.165, 1.54) is 6.07 Å². The smallest absolute Gasteiger partial charge is 0.224 e. The van der Waals surface area contributed by atoms with Crippen LogP contribution >= 0.6 is 15.9 Å². The van der Waals surface area contributed by atoms with Crippen LogP contribution in [0.2, 0.25) is 0 Å². The van der Waals surface area contributed by atoms with Gasteiger partial charge < -0.3 is 10.1 Å². The molecule has 0 aliphatic heterocycles. The summed E-state index contributed by atoms with van der Waals surface area (Å²) in [6, 6.07) is 13.9. The first-order chi connectivity index (χ1) is 11.9. The molecule has 1 amide bonds. The molecule has 0 bridgehead atoms. The molecule has 134 valence electrons. The fourth-order valence-electron chi connectivity index (χ4n) is 2.19. The van der Waals surface area contributed by atoms with Gasteiger partial charge in [0.05, 0.1) is 22.9 Å². The van der Waals surface area contributed by atoms with Gasteiger partial charge in [-0.3, -0.25) is 4.79 Å². The predicted octanol–water partition coefficient (Wildman–Crippen LogP) is 4.04. The van der Waals surface area contributed by atoms with Crippen molar-refractivity contribution < 1.29 is 17.9 Å². The lowest BCUT2D eigenvalue weighted by molar-refractivity contribution is -0.116. The van der Waals surface area contributed by atoms with Crippen molar-refractivity contribution in [2.24, 2.45) is 0 Å². The largest absolute Gasteiger partial charge is 0.494 e. The minimum Gasteiger partial charge on any atom is -0.494 e. The van der Waals surface area contributed by atoms with E-state index in [0.717, 1.165) is 10.2 Å². The van der Waals surface area contributed by atoms with Gasteiger partial charge in [0.2, 0.25) is 5.91 Å². The molecule has 5 nitrogen and oxygen atoms in total. The van der Waals surface area contributed by atoms with Crippen molar-refractivity contribution in [2.75, 3.05) is 17.7 Å². The number of carbonyl (C=O) groups is 1. The number of sulfone groups is 1. The van der Waals surface area contributed by atoms with Gasteiger partial charge in [0.25, 0.3) is 0 Å². The molecule has 2 rings (SSSR count). The van der Waals surface area contributed by atoms with E-state index in [-0.39, 0.29) is 23.0 Å². The average molecular weight is 426 g/mol. The van der Waals surface area contributed by atoms with Crippen LogP contribution < -0.4 is 10.1 Å². The Bertz CT molecular complexity index is 836. The summed E-state index contributed by atoms with van der Waals surface area (Å²) in [4.78, 5) is 12.2. The van der Waals surface area contributed by atoms with E-state index in [4.69, 9.17) is 4.74 Å². The molecule has 0 aliphatic rings. The van der Waals surface area contributed by atoms with Crippen molar-refractivity contribution in [3.8, 4) is 5.75 Å². The first-order valence-electron chi connectivity index (χ1n) is 7.92. The van der Waals surface area contributed by atoms with Crippen LogP contribution in [0.4, 0.5) is 5.69 Å². The van der Waals surface area contributed by atoms with Crippen molar-refractivity contribution in [1.82, 2.24) is 0 Å². The zero-order chi connectivity index (χ0) is 18.3. The Morgan fingerprint density at radius 3 is 2.64 bits per heavy atom. The highest BCUT2D eigenvalue weighted by Crippen LogP contribution is 2.22. The Hall–Kier alpha value is -1.86. The summed E-state index contributed by atoms with van der Waals surface area (Å²) in [5, 5.41) is 2.68. The Morgan fingerprint density at radius 2 is 1.92 bits per heavy atom. The van der Waals surface area contributed by atoms with Crippen molar-refractivity contribution in [1.29, 1.82) is 0 Å². The number of nitrogens with one attached hydrogen (secondary N) is 1. The highest BCUT2D eigenvalue weighted by molar-refractivity contribution is 9.10. The van der Waals surface area contributed by atoms with Crippen LogP contribution in [0.3, 0.4) is 0 Å². The number of carbonyl (C=O) groups excluding carboxylic acids is 1. The maximum atomic E-state index is 12.1. The lowest BCUT2D eigenvalue weighted by Crippen LogP contribution is -2.16. The topological polar surface area (TPSA) is 72.5 Å². The normalized spacial score (nSPS) is 11.1. The molecule has 0 radical (unpaired) electrons. The third-order valence-electron chi connectivity index (χ3n) is 3.49. The molecule has 0 unspecified atom stereocenters. The summed E-state index contributed by atoms with van der Waals surface area (Å²) in [6.45, 7) is 1.98. The molecule has 2 aromatic rings. The first-order valence-corrected chi connectivity index (χ1v) is 10.4. The molecule has 0 aromatic heterocycles. The van der Waals surface area contributed by atoms with Gasteiger partial charge in [-0.1, -0.05) is 41.1 Å². The molecule has 0 heterocycles. The number of anilines is 1. The lowest BCUT2D eigenvalue weighted by Gasteiger charge is -2.11. The van der Waals surface area contributed by atoms with Gasteiger partial charge in [-0.25, -0.2) is 8.42 Å². The molecule has 1 N–H and O–H groups in total. The minimum absolute atomic E-state index is 0.0135. The molecule has 25 heavy (non-hydrogen) atoms. The number of rotatable bonds is 8. The van der Waals surface area contributed by atoms with Gasteiger partial charge in [-0.05, 0) is 36.8 Å². The highest BCUT2D eigenvalue weighted by Gasteiger charge is 2.17. The summed E-state index contributed by atoms with van der Waals surface area (Å²) in [6.07, 6.45) is 0.773. The van der Waals surface area contributed by atoms with E-state index in [2.05, 4.69) is 21.2 Å². The van der Waals surface area contributed by atoms with Crippen LogP contribution in [0.5, 0.6) is 5.75 Å². The Morgan fingerprint density at radius 1 is 1.16 bits per heavy atom. The molecule has 0 saturated heterocycles. The monoisotopic (exact) mass is 425 g/mol. The second-order valence-corrected chi connectivity index (χ2v) is 8.52. The summed E-state index contributed by atoms with van der Waals surface area (Å²) < 4.78 is 30.6. The van der Waals surface area contributed by atoms with Gasteiger partial charge in [0.1, 0.15) is 5.75 Å². The zero-order valence-corrected chi connectivity index (χ0v) is 16.3. The van der Waals surface area contributed by atoms with E-state index in [1.807, 2.05) is 24.3 Å². The van der Waals surface area contributed by atoms with Crippen LogP contribution in [-0.2, 0) is 14.6 Å². The van der Waals surface area contributed by atoms with Crippen molar-refractivity contribution in [3.05, 3.63) is 53.0 Å². The van der Waals surface area contributed by atoms with Gasteiger partial charge in [0, 0.05) is 10.9 Å². The molecule has 0 atom stereocenters. The average Bonchev–Trinajstić information content (AvgIpc) is 2.59. The second kappa shape index (κ2) is 9.01. The maximum Gasteiger partial charge on any atom is 0.224 e. The minimum atomic E-state index is -3.38. The van der Waals surface area contributed by atoms with Crippen LogP contribution in [0.25, 0.3) is 0 Å². The molecule has 2 aromatic carbocycles. The molecule has 7 heteroatoms. The number of ether oxygens (including phenoxy) is 1. The van der Waals surface area contributed by atoms with Crippen LogP contribution in [0, 0.1) is 0 Å². The standard InChI is InChI=1S/C18H20BrNO4S/c1-2-25(22,23)17-10-4-3-9-16(17)20-18(21)11-6-12-24-15-8-5-7-14(19)13-15/h3-5,7-10,13H,2,6,11-12H2,1H3,(H,20,21). The maximum absolute atomic E-state index is 12.1. The van der Waals surface area contributed by atoms with E-state index in [1.54, 1.807) is 25.1 Å². The van der Waals surface area contributed by atoms with Gasteiger partial charge >= 0.3 is 0 Å².